The number of carbonyl (C=O) groups excluding carboxylic acids is 1. The number of aromatic nitrogens is 3. The van der Waals surface area contributed by atoms with Crippen LogP contribution in [-0.2, 0) is 9.53 Å². The van der Waals surface area contributed by atoms with E-state index in [0.717, 1.165) is 47.2 Å². The maximum absolute atomic E-state index is 12.2. The van der Waals surface area contributed by atoms with E-state index in [0.29, 0.717) is 22.7 Å². The van der Waals surface area contributed by atoms with Gasteiger partial charge in [-0.2, -0.15) is 0 Å². The first kappa shape index (κ1) is 21.9. The van der Waals surface area contributed by atoms with Gasteiger partial charge in [0.25, 0.3) is 5.22 Å². The maximum atomic E-state index is 12.2. The van der Waals surface area contributed by atoms with Crippen molar-refractivity contribution in [3.63, 3.8) is 0 Å². The van der Waals surface area contributed by atoms with Gasteiger partial charge in [0, 0.05) is 29.1 Å². The topological polar surface area (TPSA) is 90.1 Å². The van der Waals surface area contributed by atoms with Gasteiger partial charge < -0.3 is 14.5 Å². The van der Waals surface area contributed by atoms with Crippen molar-refractivity contribution < 1.29 is 13.9 Å². The van der Waals surface area contributed by atoms with Gasteiger partial charge in [0.15, 0.2) is 0 Å². The highest BCUT2D eigenvalue weighted by molar-refractivity contribution is 7.99. The molecule has 9 heteroatoms. The first-order valence-electron chi connectivity index (χ1n) is 10.7. The molecule has 0 unspecified atom stereocenters. The number of fused-ring (bicyclic) bond motifs is 1. The van der Waals surface area contributed by atoms with Gasteiger partial charge in [-0.05, 0) is 37.1 Å². The monoisotopic (exact) mass is 480 g/mol. The zero-order chi connectivity index (χ0) is 22.6. The fraction of sp³-hybridized carbons (Fsp3) is 0.250. The fourth-order valence-corrected chi connectivity index (χ4v) is 4.43. The molecule has 1 atom stereocenters. The Bertz CT molecular complexity index is 1270. The van der Waals surface area contributed by atoms with Gasteiger partial charge in [-0.15, -0.1) is 10.2 Å². The van der Waals surface area contributed by atoms with E-state index in [1.807, 2.05) is 54.6 Å². The molecule has 1 amide bonds. The number of hydrogen-bond acceptors (Lipinski definition) is 7. The number of para-hydroxylation sites is 1. The molecule has 0 saturated carbocycles. The molecule has 0 bridgehead atoms. The van der Waals surface area contributed by atoms with Crippen molar-refractivity contribution >= 4 is 40.2 Å². The SMILES string of the molecule is O=C(CSc1nnc(-c2cc(-c3ccc(Cl)cc3)nc3ccccc23)o1)NC[C@H]1CCCO1. The van der Waals surface area contributed by atoms with Crippen molar-refractivity contribution in [2.24, 2.45) is 0 Å². The molecule has 1 aliphatic rings. The molecular weight excluding hydrogens is 460 g/mol. The Morgan fingerprint density at radius 3 is 2.82 bits per heavy atom. The van der Waals surface area contributed by atoms with Crippen LogP contribution in [0, 0.1) is 0 Å². The standard InChI is InChI=1S/C24H21ClN4O3S/c25-16-9-7-15(8-10-16)21-12-19(18-5-1-2-6-20(18)27-21)23-28-29-24(32-23)33-14-22(30)26-13-17-4-3-11-31-17/h1-2,5-10,12,17H,3-4,11,13-14H2,(H,26,30)/t17-/m1/s1. The molecule has 1 saturated heterocycles. The zero-order valence-corrected chi connectivity index (χ0v) is 19.2. The largest absolute Gasteiger partial charge is 0.411 e. The third-order valence-electron chi connectivity index (χ3n) is 5.37. The van der Waals surface area contributed by atoms with E-state index in [4.69, 9.17) is 25.7 Å². The lowest BCUT2D eigenvalue weighted by molar-refractivity contribution is -0.119. The molecule has 2 aromatic heterocycles. The molecule has 168 valence electrons. The van der Waals surface area contributed by atoms with Gasteiger partial charge in [0.2, 0.25) is 11.8 Å². The van der Waals surface area contributed by atoms with Gasteiger partial charge >= 0.3 is 0 Å². The van der Waals surface area contributed by atoms with Crippen LogP contribution in [0.4, 0.5) is 0 Å². The molecule has 1 aliphatic heterocycles. The lowest BCUT2D eigenvalue weighted by atomic mass is 10.0. The highest BCUT2D eigenvalue weighted by atomic mass is 35.5. The Morgan fingerprint density at radius 2 is 2.00 bits per heavy atom. The van der Waals surface area contributed by atoms with Crippen molar-refractivity contribution in [1.29, 1.82) is 0 Å². The quantitative estimate of drug-likeness (QED) is 0.372. The number of hydrogen-bond donors (Lipinski definition) is 1. The van der Waals surface area contributed by atoms with Crippen molar-refractivity contribution in [1.82, 2.24) is 20.5 Å². The summed E-state index contributed by atoms with van der Waals surface area (Å²) in [6.45, 7) is 1.30. The predicted molar refractivity (Wildman–Crippen MR) is 128 cm³/mol. The highest BCUT2D eigenvalue weighted by Gasteiger charge is 2.18. The molecule has 0 radical (unpaired) electrons. The minimum atomic E-state index is -0.0883. The molecule has 1 N–H and O–H groups in total. The van der Waals surface area contributed by atoms with E-state index in [2.05, 4.69) is 15.5 Å². The Morgan fingerprint density at radius 1 is 1.15 bits per heavy atom. The van der Waals surface area contributed by atoms with Gasteiger partial charge in [-0.3, -0.25) is 4.79 Å². The summed E-state index contributed by atoms with van der Waals surface area (Å²) in [6, 6.07) is 17.2. The molecule has 0 spiro atoms. The second-order valence-electron chi connectivity index (χ2n) is 7.68. The number of ether oxygens (including phenoxy) is 1. The van der Waals surface area contributed by atoms with Crippen molar-refractivity contribution in [2.45, 2.75) is 24.2 Å². The van der Waals surface area contributed by atoms with Gasteiger partial charge in [0.1, 0.15) is 0 Å². The van der Waals surface area contributed by atoms with E-state index in [9.17, 15) is 4.79 Å². The molecule has 33 heavy (non-hydrogen) atoms. The molecule has 7 nitrogen and oxygen atoms in total. The summed E-state index contributed by atoms with van der Waals surface area (Å²) in [5, 5.41) is 13.2. The van der Waals surface area contributed by atoms with E-state index in [-0.39, 0.29) is 17.8 Å². The maximum Gasteiger partial charge on any atom is 0.277 e. The van der Waals surface area contributed by atoms with E-state index in [1.54, 1.807) is 0 Å². The summed E-state index contributed by atoms with van der Waals surface area (Å²) < 4.78 is 11.4. The normalized spacial score (nSPS) is 15.7. The summed E-state index contributed by atoms with van der Waals surface area (Å²) in [7, 11) is 0. The summed E-state index contributed by atoms with van der Waals surface area (Å²) in [5.41, 5.74) is 3.32. The number of halogens is 1. The fourth-order valence-electron chi connectivity index (χ4n) is 3.71. The number of rotatable bonds is 7. The lowest BCUT2D eigenvalue weighted by Crippen LogP contribution is -2.32. The first-order chi connectivity index (χ1) is 16.2. The van der Waals surface area contributed by atoms with E-state index >= 15 is 0 Å². The Hall–Kier alpha value is -2.94. The molecule has 1 fully saturated rings. The van der Waals surface area contributed by atoms with Gasteiger partial charge in [0.05, 0.1) is 28.6 Å². The number of benzene rings is 2. The third kappa shape index (κ3) is 5.19. The lowest BCUT2D eigenvalue weighted by Gasteiger charge is -2.09. The number of nitrogens with zero attached hydrogens (tertiary/aromatic N) is 3. The van der Waals surface area contributed by atoms with Crippen LogP contribution in [0.3, 0.4) is 0 Å². The Kier molecular flexibility index (Phi) is 6.57. The Labute approximate surface area is 199 Å². The van der Waals surface area contributed by atoms with Crippen molar-refractivity contribution in [2.75, 3.05) is 18.9 Å². The van der Waals surface area contributed by atoms with Crippen LogP contribution in [-0.4, -0.2) is 46.1 Å². The summed E-state index contributed by atoms with van der Waals surface area (Å²) in [6.07, 6.45) is 2.14. The smallest absolute Gasteiger partial charge is 0.277 e. The number of nitrogens with one attached hydrogen (secondary N) is 1. The minimum absolute atomic E-state index is 0.0883. The molecule has 3 heterocycles. The van der Waals surface area contributed by atoms with Gasteiger partial charge in [-0.25, -0.2) is 4.98 Å². The predicted octanol–water partition coefficient (Wildman–Crippen LogP) is 4.99. The summed E-state index contributed by atoms with van der Waals surface area (Å²) in [4.78, 5) is 16.9. The van der Waals surface area contributed by atoms with Crippen LogP contribution in [0.25, 0.3) is 33.6 Å². The second-order valence-corrected chi connectivity index (χ2v) is 9.04. The molecule has 5 rings (SSSR count). The molecule has 2 aromatic carbocycles. The number of thioether (sulfide) groups is 1. The van der Waals surface area contributed by atoms with Crippen molar-refractivity contribution in [3.8, 4) is 22.7 Å². The molecule has 4 aromatic rings. The zero-order valence-electron chi connectivity index (χ0n) is 17.7. The second kappa shape index (κ2) is 9.91. The van der Waals surface area contributed by atoms with Crippen LogP contribution in [0.5, 0.6) is 0 Å². The van der Waals surface area contributed by atoms with Crippen molar-refractivity contribution in [3.05, 3.63) is 59.6 Å². The average Bonchev–Trinajstić information content (AvgIpc) is 3.53. The van der Waals surface area contributed by atoms with E-state index < -0.39 is 0 Å². The minimum Gasteiger partial charge on any atom is -0.411 e. The third-order valence-corrected chi connectivity index (χ3v) is 6.44. The van der Waals surface area contributed by atoms with E-state index in [1.165, 1.54) is 11.8 Å². The number of pyridine rings is 1. The van der Waals surface area contributed by atoms with Crippen LogP contribution >= 0.6 is 23.4 Å². The first-order valence-corrected chi connectivity index (χ1v) is 12.0. The summed E-state index contributed by atoms with van der Waals surface area (Å²) in [5.74, 6) is 0.488. The number of carbonyl (C=O) groups is 1. The number of amides is 1. The van der Waals surface area contributed by atoms with Crippen LogP contribution in [0.2, 0.25) is 5.02 Å². The summed E-state index contributed by atoms with van der Waals surface area (Å²) >= 11 is 7.25. The van der Waals surface area contributed by atoms with Gasteiger partial charge in [-0.1, -0.05) is 53.7 Å². The molecule has 0 aliphatic carbocycles. The highest BCUT2D eigenvalue weighted by Crippen LogP contribution is 2.33. The average molecular weight is 481 g/mol. The van der Waals surface area contributed by atoms with Crippen LogP contribution < -0.4 is 5.32 Å². The van der Waals surface area contributed by atoms with Crippen LogP contribution in [0.1, 0.15) is 12.8 Å². The Balaban J connectivity index is 1.34. The molecular formula is C24H21ClN4O3S. The van der Waals surface area contributed by atoms with Crippen LogP contribution in [0.15, 0.2) is 64.2 Å².